The molecule has 13 heteroatoms. The zero-order valence-corrected chi connectivity index (χ0v) is 26.9. The van der Waals surface area contributed by atoms with Crippen LogP contribution in [0.3, 0.4) is 0 Å². The van der Waals surface area contributed by atoms with E-state index in [9.17, 15) is 29.4 Å². The molecule has 13 nitrogen and oxygen atoms in total. The number of rotatable bonds is 12. The molecule has 0 radical (unpaired) electrons. The standard InChI is InChI=1S/C33H42O13/c1-16(2)15-41-29(36)17(3)42-30(37)26(43-18(4)34)27(44-19(5)35)31(38)45-23-11-13-33(39)21-8-7-12-32(33)24-20(14-21)9-10-22(40-6)25(24)46-28(23)32/h9-11,16-17,21,26-29,36,39H,7-8,12-15H2,1-6H3/t17-,21+,26+,27+,28-,29?,32-,33+/m0/s1. The Morgan fingerprint density at radius 3 is 2.33 bits per heavy atom. The number of carbonyl (C=O) groups is 4. The van der Waals surface area contributed by atoms with Crippen LogP contribution < -0.4 is 9.47 Å². The number of carbonyl (C=O) groups excluding carboxylic acids is 4. The molecule has 1 unspecified atom stereocenters. The Morgan fingerprint density at radius 2 is 1.70 bits per heavy atom. The van der Waals surface area contributed by atoms with Crippen LogP contribution in [0.5, 0.6) is 11.5 Å². The van der Waals surface area contributed by atoms with Crippen LogP contribution in [0.15, 0.2) is 24.0 Å². The third-order valence-corrected chi connectivity index (χ3v) is 9.32. The van der Waals surface area contributed by atoms with Gasteiger partial charge in [-0.2, -0.15) is 0 Å². The maximum Gasteiger partial charge on any atom is 0.357 e. The number of benzene rings is 1. The van der Waals surface area contributed by atoms with Gasteiger partial charge < -0.3 is 43.4 Å². The summed E-state index contributed by atoms with van der Waals surface area (Å²) in [6.07, 6.45) is -3.25. The summed E-state index contributed by atoms with van der Waals surface area (Å²) in [7, 11) is 1.52. The van der Waals surface area contributed by atoms with E-state index in [0.717, 1.165) is 37.8 Å². The number of ether oxygens (including phenoxy) is 7. The maximum absolute atomic E-state index is 13.8. The molecule has 1 aromatic carbocycles. The minimum atomic E-state index is -2.08. The van der Waals surface area contributed by atoms with Crippen molar-refractivity contribution in [3.63, 3.8) is 0 Å². The molecule has 252 valence electrons. The lowest BCUT2D eigenvalue weighted by atomic mass is 9.47. The SMILES string of the molecule is COc1ccc2c3c1O[C@H]1C(OC(=O)[C@H](OC(C)=O)[C@@H](OC(C)=O)C(=O)O[C@@H](C)C(O)OCC(C)C)=CC[C@@]4(O)[C@H](CCC[C@]314)C2. The van der Waals surface area contributed by atoms with Gasteiger partial charge in [-0.1, -0.05) is 26.3 Å². The third kappa shape index (κ3) is 5.73. The second-order valence-corrected chi connectivity index (χ2v) is 12.9. The Hall–Kier alpha value is -3.68. The van der Waals surface area contributed by atoms with Gasteiger partial charge in [0.15, 0.2) is 23.9 Å². The van der Waals surface area contributed by atoms with E-state index >= 15 is 0 Å². The highest BCUT2D eigenvalue weighted by Crippen LogP contribution is 2.67. The normalized spacial score (nSPS) is 28.0. The Labute approximate surface area is 267 Å². The Kier molecular flexibility index (Phi) is 9.40. The predicted molar refractivity (Wildman–Crippen MR) is 157 cm³/mol. The zero-order valence-electron chi connectivity index (χ0n) is 26.9. The van der Waals surface area contributed by atoms with E-state index in [2.05, 4.69) is 0 Å². The first kappa shape index (κ1) is 33.7. The summed E-state index contributed by atoms with van der Waals surface area (Å²) in [6.45, 7) is 7.26. The van der Waals surface area contributed by atoms with Gasteiger partial charge in [0.25, 0.3) is 0 Å². The van der Waals surface area contributed by atoms with Crippen molar-refractivity contribution in [3.05, 3.63) is 35.1 Å². The van der Waals surface area contributed by atoms with Gasteiger partial charge >= 0.3 is 23.9 Å². The summed E-state index contributed by atoms with van der Waals surface area (Å²) in [5.41, 5.74) is -0.249. The van der Waals surface area contributed by atoms with E-state index < -0.39 is 65.6 Å². The van der Waals surface area contributed by atoms with E-state index in [1.54, 1.807) is 6.08 Å². The van der Waals surface area contributed by atoms with Crippen molar-refractivity contribution in [1.29, 1.82) is 0 Å². The second kappa shape index (κ2) is 12.8. The van der Waals surface area contributed by atoms with Crippen molar-refractivity contribution in [1.82, 2.24) is 0 Å². The molecule has 2 bridgehead atoms. The molecule has 0 saturated heterocycles. The highest BCUT2D eigenvalue weighted by atomic mass is 16.7. The Morgan fingerprint density at radius 1 is 1.02 bits per heavy atom. The molecule has 1 heterocycles. The second-order valence-electron chi connectivity index (χ2n) is 12.9. The molecule has 1 saturated carbocycles. The van der Waals surface area contributed by atoms with Crippen LogP contribution in [0.2, 0.25) is 0 Å². The first-order valence-electron chi connectivity index (χ1n) is 15.6. The Bertz CT molecular complexity index is 1420. The fourth-order valence-corrected chi connectivity index (χ4v) is 7.42. The van der Waals surface area contributed by atoms with E-state index in [1.807, 2.05) is 26.0 Å². The summed E-state index contributed by atoms with van der Waals surface area (Å²) in [5, 5.41) is 22.6. The van der Waals surface area contributed by atoms with Crippen molar-refractivity contribution in [2.24, 2.45) is 11.8 Å². The fraction of sp³-hybridized carbons (Fsp3) is 0.636. The van der Waals surface area contributed by atoms with Crippen LogP contribution in [0.25, 0.3) is 0 Å². The number of aliphatic hydroxyl groups is 2. The molecule has 2 N–H and O–H groups in total. The number of hydrogen-bond acceptors (Lipinski definition) is 13. The summed E-state index contributed by atoms with van der Waals surface area (Å²) < 4.78 is 38.8. The van der Waals surface area contributed by atoms with Crippen molar-refractivity contribution in [2.75, 3.05) is 13.7 Å². The molecule has 4 aliphatic rings. The lowest BCUT2D eigenvalue weighted by Crippen LogP contribution is -2.67. The molecule has 1 aliphatic heterocycles. The topological polar surface area (TPSA) is 173 Å². The van der Waals surface area contributed by atoms with Crippen LogP contribution >= 0.6 is 0 Å². The summed E-state index contributed by atoms with van der Waals surface area (Å²) in [4.78, 5) is 51.3. The molecule has 5 rings (SSSR count). The van der Waals surface area contributed by atoms with Crippen molar-refractivity contribution in [3.8, 4) is 11.5 Å². The molecule has 1 fully saturated rings. The third-order valence-electron chi connectivity index (χ3n) is 9.32. The van der Waals surface area contributed by atoms with Gasteiger partial charge in [-0.25, -0.2) is 9.59 Å². The van der Waals surface area contributed by atoms with E-state index in [4.69, 9.17) is 33.2 Å². The first-order valence-corrected chi connectivity index (χ1v) is 15.6. The first-order chi connectivity index (χ1) is 21.7. The van der Waals surface area contributed by atoms with Gasteiger partial charge in [0, 0.05) is 19.4 Å². The van der Waals surface area contributed by atoms with Crippen LogP contribution in [0.1, 0.15) is 71.4 Å². The van der Waals surface area contributed by atoms with E-state index in [1.165, 1.54) is 14.0 Å². The molecular weight excluding hydrogens is 604 g/mol. The van der Waals surface area contributed by atoms with Crippen LogP contribution in [-0.4, -0.2) is 84.1 Å². The molecule has 1 spiro atoms. The van der Waals surface area contributed by atoms with Crippen molar-refractivity contribution < 1.29 is 62.5 Å². The fourth-order valence-electron chi connectivity index (χ4n) is 7.42. The molecule has 3 aliphatic carbocycles. The molecule has 1 aromatic rings. The molecular formula is C33H42O13. The number of hydrogen-bond donors (Lipinski definition) is 2. The number of esters is 4. The lowest BCUT2D eigenvalue weighted by Gasteiger charge is -2.59. The van der Waals surface area contributed by atoms with E-state index in [0.29, 0.717) is 24.3 Å². The predicted octanol–water partition coefficient (Wildman–Crippen LogP) is 2.40. The average molecular weight is 647 g/mol. The quantitative estimate of drug-likeness (QED) is 0.193. The monoisotopic (exact) mass is 646 g/mol. The molecule has 0 aromatic heterocycles. The van der Waals surface area contributed by atoms with Gasteiger partial charge in [-0.15, -0.1) is 0 Å². The largest absolute Gasteiger partial charge is 0.493 e. The zero-order chi connectivity index (χ0) is 33.6. The van der Waals surface area contributed by atoms with Gasteiger partial charge in [0.1, 0.15) is 11.9 Å². The number of methoxy groups -OCH3 is 1. The molecule has 8 atom stereocenters. The van der Waals surface area contributed by atoms with Gasteiger partial charge in [-0.3, -0.25) is 9.59 Å². The van der Waals surface area contributed by atoms with Crippen molar-refractivity contribution >= 4 is 23.9 Å². The lowest BCUT2D eigenvalue weighted by molar-refractivity contribution is -0.207. The highest BCUT2D eigenvalue weighted by Gasteiger charge is 2.71. The van der Waals surface area contributed by atoms with Crippen molar-refractivity contribution in [2.45, 2.75) is 108 Å². The molecule has 46 heavy (non-hydrogen) atoms. The van der Waals surface area contributed by atoms with Gasteiger partial charge in [0.05, 0.1) is 24.7 Å². The number of aliphatic hydroxyl groups excluding tert-OH is 1. The van der Waals surface area contributed by atoms with Gasteiger partial charge in [0.2, 0.25) is 12.2 Å². The smallest absolute Gasteiger partial charge is 0.357 e. The summed E-state index contributed by atoms with van der Waals surface area (Å²) in [5.74, 6) is -3.41. The van der Waals surface area contributed by atoms with Crippen LogP contribution in [0, 0.1) is 11.8 Å². The molecule has 0 amide bonds. The van der Waals surface area contributed by atoms with Crippen LogP contribution in [-0.2, 0) is 54.7 Å². The summed E-state index contributed by atoms with van der Waals surface area (Å²) >= 11 is 0. The maximum atomic E-state index is 13.8. The van der Waals surface area contributed by atoms with Gasteiger partial charge in [-0.05, 0) is 62.1 Å². The highest BCUT2D eigenvalue weighted by molar-refractivity contribution is 5.89. The Balaban J connectivity index is 1.44. The minimum Gasteiger partial charge on any atom is -0.493 e. The summed E-state index contributed by atoms with van der Waals surface area (Å²) in [6, 6.07) is 3.79. The minimum absolute atomic E-state index is 0.0496. The average Bonchev–Trinajstić information content (AvgIpc) is 3.33. The van der Waals surface area contributed by atoms with E-state index in [-0.39, 0.29) is 30.6 Å². The van der Waals surface area contributed by atoms with Crippen LogP contribution in [0.4, 0.5) is 0 Å².